The zero-order chi connectivity index (χ0) is 23.3. The van der Waals surface area contributed by atoms with Crippen LogP contribution in [0.25, 0.3) is 11.1 Å². The van der Waals surface area contributed by atoms with Crippen LogP contribution in [-0.2, 0) is 48.9 Å². The van der Waals surface area contributed by atoms with Crippen LogP contribution in [0.5, 0.6) is 0 Å². The van der Waals surface area contributed by atoms with Gasteiger partial charge in [-0.2, -0.15) is 0 Å². The Morgan fingerprint density at radius 3 is 2.09 bits per heavy atom. The molecule has 4 rings (SSSR count). The second kappa shape index (κ2) is 11.7. The zero-order valence-corrected chi connectivity index (χ0v) is 26.5. The fourth-order valence-corrected chi connectivity index (χ4v) is 5.69. The molecule has 2 aromatic carbocycles. The van der Waals surface area contributed by atoms with E-state index in [1.807, 2.05) is 0 Å². The van der Waals surface area contributed by atoms with Crippen molar-refractivity contribution in [1.82, 2.24) is 0 Å². The van der Waals surface area contributed by atoms with Gasteiger partial charge in [0.2, 0.25) is 0 Å². The number of fused-ring (bicyclic) bond motifs is 3. The van der Waals surface area contributed by atoms with Gasteiger partial charge in [-0.25, -0.2) is 0 Å². The molecule has 0 N–H and O–H groups in total. The molecule has 0 nitrogen and oxygen atoms in total. The van der Waals surface area contributed by atoms with E-state index in [9.17, 15) is 0 Å². The first-order valence-electron chi connectivity index (χ1n) is 12.2. The molecule has 2 aliphatic carbocycles. The van der Waals surface area contributed by atoms with Crippen LogP contribution in [0.15, 0.2) is 66.8 Å². The van der Waals surface area contributed by atoms with Crippen molar-refractivity contribution < 1.29 is 51.0 Å². The van der Waals surface area contributed by atoms with Gasteiger partial charge >= 0.3 is 26.2 Å². The van der Waals surface area contributed by atoms with Crippen molar-refractivity contribution in [3.05, 3.63) is 94.6 Å². The molecule has 0 aliphatic heterocycles. The fourth-order valence-electron chi connectivity index (χ4n) is 5.69. The summed E-state index contributed by atoms with van der Waals surface area (Å²) in [6.07, 6.45) is 13.2. The minimum atomic E-state index is 0. The quantitative estimate of drug-likeness (QED) is 0.404. The molecule has 1 atom stereocenters. The van der Waals surface area contributed by atoms with Crippen LogP contribution in [0.3, 0.4) is 0 Å². The van der Waals surface area contributed by atoms with E-state index in [0.717, 1.165) is 25.7 Å². The van der Waals surface area contributed by atoms with E-state index in [1.54, 1.807) is 16.7 Å². The van der Waals surface area contributed by atoms with Crippen molar-refractivity contribution in [3.8, 4) is 11.1 Å². The molecule has 0 saturated heterocycles. The topological polar surface area (TPSA) is 0 Å². The zero-order valence-electron chi connectivity index (χ0n) is 22.5. The summed E-state index contributed by atoms with van der Waals surface area (Å²) < 4.78 is 0. The molecule has 0 bridgehead atoms. The molecule has 0 spiro atoms. The number of allylic oxidation sites excluding steroid dienone is 5. The Morgan fingerprint density at radius 1 is 0.886 bits per heavy atom. The number of hydrogen-bond acceptors (Lipinski definition) is 0. The Labute approximate surface area is 245 Å². The minimum absolute atomic E-state index is 0. The summed E-state index contributed by atoms with van der Waals surface area (Å²) in [4.78, 5) is 0. The van der Waals surface area contributed by atoms with Gasteiger partial charge in [-0.05, 0) is 75.5 Å². The number of hydrogen-bond donors (Lipinski definition) is 0. The predicted molar refractivity (Wildman–Crippen MR) is 141 cm³/mol. The van der Waals surface area contributed by atoms with Crippen molar-refractivity contribution in [2.75, 3.05) is 0 Å². The molecule has 3 heteroatoms. The van der Waals surface area contributed by atoms with Crippen molar-refractivity contribution >= 4 is 0 Å². The van der Waals surface area contributed by atoms with E-state index < -0.39 is 0 Å². The summed E-state index contributed by atoms with van der Waals surface area (Å²) in [5.41, 5.74) is 12.2. The maximum atomic E-state index is 4.06. The van der Waals surface area contributed by atoms with E-state index in [0.29, 0.717) is 0 Å². The van der Waals surface area contributed by atoms with Gasteiger partial charge in [-0.3, -0.25) is 0 Å². The van der Waals surface area contributed by atoms with Crippen LogP contribution in [-0.4, -0.2) is 0 Å². The third-order valence-electron chi connectivity index (χ3n) is 7.63. The van der Waals surface area contributed by atoms with Gasteiger partial charge in [0.15, 0.2) is 0 Å². The summed E-state index contributed by atoms with van der Waals surface area (Å²) in [5.74, 6) is 0. The standard InChI is InChI=1S/C32H40.2ClH.Zr/c1-9-10-19-32(8,23-13-11-12-14-23)29-27-21-22-20-24(30(2,3)4)15-16-25(22)26(27)17-18-28(29)31(5,6)7;;;/h9,11-13,15-18,20H,1,10,14,19,21H2,2-8H3;2*1H;/q;;;+2/p-2. The van der Waals surface area contributed by atoms with Crippen LogP contribution >= 0.6 is 0 Å². The number of rotatable bonds is 5. The molecule has 35 heavy (non-hydrogen) atoms. The van der Waals surface area contributed by atoms with Gasteiger partial charge in [0, 0.05) is 5.41 Å². The summed E-state index contributed by atoms with van der Waals surface area (Å²) in [6.45, 7) is 20.6. The SMILES string of the molecule is C=CCCC(C)(C1=CC=CC1)c1c(C(C)(C)C)ccc2c1Cc1cc(C(C)(C)C)ccc1-2.[Cl-].[Cl-].[Zr+2]. The normalized spacial score (nSPS) is 15.6. The monoisotopic (exact) mass is 584 g/mol. The summed E-state index contributed by atoms with van der Waals surface area (Å²) in [5, 5.41) is 0. The molecule has 0 fully saturated rings. The molecule has 0 amide bonds. The molecule has 0 radical (unpaired) electrons. The van der Waals surface area contributed by atoms with E-state index in [1.165, 1.54) is 27.8 Å². The van der Waals surface area contributed by atoms with Crippen LogP contribution in [0.2, 0.25) is 0 Å². The van der Waals surface area contributed by atoms with Gasteiger partial charge in [0.25, 0.3) is 0 Å². The fraction of sp³-hybridized carbons (Fsp3) is 0.438. The summed E-state index contributed by atoms with van der Waals surface area (Å²) >= 11 is 0. The van der Waals surface area contributed by atoms with E-state index in [2.05, 4.69) is 110 Å². The summed E-state index contributed by atoms with van der Waals surface area (Å²) in [6, 6.07) is 12.0. The van der Waals surface area contributed by atoms with Gasteiger partial charge in [-0.15, -0.1) is 6.58 Å². The molecule has 0 aromatic heterocycles. The maximum Gasteiger partial charge on any atom is 2.00 e. The number of halogens is 2. The van der Waals surface area contributed by atoms with E-state index in [4.69, 9.17) is 0 Å². The average Bonchev–Trinajstić information content (AvgIpc) is 3.37. The third-order valence-corrected chi connectivity index (χ3v) is 7.63. The van der Waals surface area contributed by atoms with Crippen molar-refractivity contribution in [2.24, 2.45) is 0 Å². The molecular weight excluding hydrogens is 546 g/mol. The van der Waals surface area contributed by atoms with Gasteiger partial charge in [-0.1, -0.05) is 109 Å². The van der Waals surface area contributed by atoms with Crippen LogP contribution in [0.1, 0.15) is 95.5 Å². The van der Waals surface area contributed by atoms with Crippen LogP contribution < -0.4 is 24.8 Å². The molecule has 186 valence electrons. The van der Waals surface area contributed by atoms with Gasteiger partial charge in [0.05, 0.1) is 0 Å². The first-order valence-corrected chi connectivity index (χ1v) is 12.2. The van der Waals surface area contributed by atoms with Crippen molar-refractivity contribution in [3.63, 3.8) is 0 Å². The molecule has 0 saturated carbocycles. The largest absolute Gasteiger partial charge is 2.00 e. The first-order chi connectivity index (χ1) is 15.0. The molecular formula is C32H40Cl2Zr. The Morgan fingerprint density at radius 2 is 1.54 bits per heavy atom. The summed E-state index contributed by atoms with van der Waals surface area (Å²) in [7, 11) is 0. The third kappa shape index (κ3) is 6.00. The maximum absolute atomic E-state index is 4.06. The Kier molecular flexibility index (Phi) is 10.7. The molecule has 1 unspecified atom stereocenters. The molecule has 2 aliphatic rings. The molecule has 2 aromatic rings. The Hall–Kier alpha value is -0.877. The van der Waals surface area contributed by atoms with Crippen molar-refractivity contribution in [1.29, 1.82) is 0 Å². The Balaban J connectivity index is 0.00000204. The smallest absolute Gasteiger partial charge is 1.00 e. The van der Waals surface area contributed by atoms with Crippen LogP contribution in [0.4, 0.5) is 0 Å². The average molecular weight is 587 g/mol. The van der Waals surface area contributed by atoms with Gasteiger partial charge in [0.1, 0.15) is 0 Å². The first kappa shape index (κ1) is 32.2. The van der Waals surface area contributed by atoms with E-state index in [-0.39, 0.29) is 67.3 Å². The van der Waals surface area contributed by atoms with Gasteiger partial charge < -0.3 is 24.8 Å². The second-order valence-electron chi connectivity index (χ2n) is 12.0. The molecule has 0 heterocycles. The van der Waals surface area contributed by atoms with E-state index >= 15 is 0 Å². The second-order valence-corrected chi connectivity index (χ2v) is 12.0. The van der Waals surface area contributed by atoms with Crippen molar-refractivity contribution in [2.45, 2.75) is 90.4 Å². The minimum Gasteiger partial charge on any atom is -1.00 e. The number of benzene rings is 2. The predicted octanol–water partition coefficient (Wildman–Crippen LogP) is 2.97. The van der Waals surface area contributed by atoms with Crippen LogP contribution in [0, 0.1) is 0 Å². The Bertz CT molecular complexity index is 1130.